The highest BCUT2D eigenvalue weighted by molar-refractivity contribution is 5.88. The highest BCUT2D eigenvalue weighted by Gasteiger charge is 2.62. The van der Waals surface area contributed by atoms with E-state index in [4.69, 9.17) is 9.47 Å². The van der Waals surface area contributed by atoms with E-state index >= 15 is 0 Å². The summed E-state index contributed by atoms with van der Waals surface area (Å²) < 4.78 is 25.4. The monoisotopic (exact) mass is 504 g/mol. The summed E-state index contributed by atoms with van der Waals surface area (Å²) in [5.74, 6) is -1.30. The summed E-state index contributed by atoms with van der Waals surface area (Å²) in [6.07, 6.45) is 3.64. The lowest BCUT2D eigenvalue weighted by molar-refractivity contribution is -0.140. The number of imide groups is 1. The van der Waals surface area contributed by atoms with Crippen LogP contribution in [0.15, 0.2) is 30.9 Å². The lowest BCUT2D eigenvalue weighted by Gasteiger charge is -2.28. The highest BCUT2D eigenvalue weighted by Crippen LogP contribution is 2.56. The van der Waals surface area contributed by atoms with Crippen molar-refractivity contribution < 1.29 is 33.4 Å². The zero-order valence-electron chi connectivity index (χ0n) is 21.4. The number of rotatable bonds is 7. The van der Waals surface area contributed by atoms with Crippen LogP contribution < -0.4 is 0 Å². The number of carboxylic acid groups (broad SMARTS) is 1. The first-order valence-corrected chi connectivity index (χ1v) is 11.8. The van der Waals surface area contributed by atoms with Gasteiger partial charge in [0.25, 0.3) is 0 Å². The van der Waals surface area contributed by atoms with E-state index in [9.17, 15) is 23.9 Å². The molecule has 2 heterocycles. The second kappa shape index (κ2) is 9.87. The van der Waals surface area contributed by atoms with Crippen LogP contribution in [0.3, 0.4) is 0 Å². The van der Waals surface area contributed by atoms with Crippen molar-refractivity contribution in [3.05, 3.63) is 42.4 Å². The molecule has 1 aliphatic rings. The van der Waals surface area contributed by atoms with Crippen LogP contribution in [-0.2, 0) is 19.7 Å². The van der Waals surface area contributed by atoms with Gasteiger partial charge in [-0.3, -0.25) is 9.36 Å². The third kappa shape index (κ3) is 6.38. The molecule has 3 rings (SSSR count). The van der Waals surface area contributed by atoms with Crippen LogP contribution in [0.5, 0.6) is 0 Å². The second-order valence-corrected chi connectivity index (χ2v) is 10.9. The standard InChI is InChI=1S/C25H33FN4O6/c1-23(2,3)35-21(33)30(22(34)36-24(4,5)6)11-7-8-16-12-25(16,20(31)32)18-14-29(15-28-18)19-10-9-17(26)13-27-19/h9-10,13-16H,7-8,11-12H2,1-6H3,(H,31,32). The molecule has 11 heteroatoms. The van der Waals surface area contributed by atoms with Gasteiger partial charge in [-0.1, -0.05) is 0 Å². The van der Waals surface area contributed by atoms with Gasteiger partial charge >= 0.3 is 18.2 Å². The number of hydrogen-bond donors (Lipinski definition) is 1. The number of halogens is 1. The van der Waals surface area contributed by atoms with Crippen molar-refractivity contribution in [3.8, 4) is 5.82 Å². The Morgan fingerprint density at radius 2 is 1.72 bits per heavy atom. The summed E-state index contributed by atoms with van der Waals surface area (Å²) in [6.45, 7) is 10.2. The Labute approximate surface area is 209 Å². The second-order valence-electron chi connectivity index (χ2n) is 10.9. The molecule has 1 saturated carbocycles. The SMILES string of the molecule is CC(C)(C)OC(=O)N(CCCC1CC1(C(=O)O)c1cn(-c2ccc(F)cn2)cn1)C(=O)OC(C)(C)C. The molecule has 0 bridgehead atoms. The number of pyridine rings is 1. The lowest BCUT2D eigenvalue weighted by Crippen LogP contribution is -2.44. The fourth-order valence-electron chi connectivity index (χ4n) is 3.95. The van der Waals surface area contributed by atoms with Crippen molar-refractivity contribution in [2.45, 2.75) is 77.4 Å². The lowest BCUT2D eigenvalue weighted by atomic mass is 9.97. The molecule has 1 N–H and O–H groups in total. The minimum atomic E-state index is -1.17. The van der Waals surface area contributed by atoms with Crippen molar-refractivity contribution in [2.75, 3.05) is 6.54 Å². The van der Waals surface area contributed by atoms with Crippen LogP contribution in [0, 0.1) is 11.7 Å². The molecule has 2 amide bonds. The number of nitrogens with zero attached hydrogens (tertiary/aromatic N) is 4. The number of aromatic nitrogens is 3. The Balaban J connectivity index is 1.69. The summed E-state index contributed by atoms with van der Waals surface area (Å²) >= 11 is 0. The minimum Gasteiger partial charge on any atom is -0.481 e. The summed E-state index contributed by atoms with van der Waals surface area (Å²) in [5, 5.41) is 10.0. The predicted molar refractivity (Wildman–Crippen MR) is 127 cm³/mol. The first kappa shape index (κ1) is 27.1. The number of ether oxygens (including phenoxy) is 2. The molecule has 196 valence electrons. The van der Waals surface area contributed by atoms with Gasteiger partial charge in [-0.15, -0.1) is 0 Å². The Morgan fingerprint density at radius 1 is 1.11 bits per heavy atom. The van der Waals surface area contributed by atoms with Crippen molar-refractivity contribution in [2.24, 2.45) is 5.92 Å². The molecular weight excluding hydrogens is 471 g/mol. The summed E-state index contributed by atoms with van der Waals surface area (Å²) in [7, 11) is 0. The van der Waals surface area contributed by atoms with Crippen LogP contribution in [0.1, 0.15) is 66.5 Å². The molecule has 2 aromatic rings. The first-order valence-electron chi connectivity index (χ1n) is 11.8. The van der Waals surface area contributed by atoms with Gasteiger partial charge in [0.15, 0.2) is 0 Å². The minimum absolute atomic E-state index is 0.0178. The van der Waals surface area contributed by atoms with Crippen LogP contribution in [-0.4, -0.2) is 60.4 Å². The van der Waals surface area contributed by atoms with Gasteiger partial charge in [0.05, 0.1) is 11.9 Å². The van der Waals surface area contributed by atoms with E-state index < -0.39 is 40.6 Å². The van der Waals surface area contributed by atoms with Crippen molar-refractivity contribution in [3.63, 3.8) is 0 Å². The molecule has 0 aromatic carbocycles. The van der Waals surface area contributed by atoms with E-state index in [2.05, 4.69) is 9.97 Å². The van der Waals surface area contributed by atoms with Gasteiger partial charge in [-0.25, -0.2) is 28.8 Å². The molecule has 36 heavy (non-hydrogen) atoms. The van der Waals surface area contributed by atoms with Gasteiger partial charge in [0.2, 0.25) is 0 Å². The van der Waals surface area contributed by atoms with Gasteiger partial charge < -0.3 is 14.6 Å². The first-order chi connectivity index (χ1) is 16.6. The van der Waals surface area contributed by atoms with E-state index in [0.717, 1.165) is 11.1 Å². The molecule has 1 fully saturated rings. The molecule has 10 nitrogen and oxygen atoms in total. The average molecular weight is 505 g/mol. The zero-order chi connectivity index (χ0) is 26.9. The number of aliphatic carboxylic acids is 1. The Morgan fingerprint density at radius 3 is 2.22 bits per heavy atom. The van der Waals surface area contributed by atoms with Crippen LogP contribution >= 0.6 is 0 Å². The van der Waals surface area contributed by atoms with E-state index in [0.29, 0.717) is 30.8 Å². The number of carbonyl (C=O) groups is 3. The van der Waals surface area contributed by atoms with Crippen molar-refractivity contribution >= 4 is 18.2 Å². The number of carboxylic acids is 1. The molecule has 2 unspecified atom stereocenters. The Hall–Kier alpha value is -3.50. The molecule has 2 atom stereocenters. The maximum Gasteiger partial charge on any atom is 0.419 e. The smallest absolute Gasteiger partial charge is 0.419 e. The summed E-state index contributed by atoms with van der Waals surface area (Å²) in [4.78, 5) is 46.7. The third-order valence-electron chi connectivity index (χ3n) is 5.66. The van der Waals surface area contributed by atoms with Crippen LogP contribution in [0.4, 0.5) is 14.0 Å². The largest absolute Gasteiger partial charge is 0.481 e. The molecule has 0 aliphatic heterocycles. The normalized spacial score (nSPS) is 19.5. The van der Waals surface area contributed by atoms with Gasteiger partial charge in [-0.05, 0) is 78.9 Å². The van der Waals surface area contributed by atoms with Crippen LogP contribution in [0.25, 0.3) is 5.82 Å². The quantitative estimate of drug-likeness (QED) is 0.575. The molecule has 0 radical (unpaired) electrons. The van der Waals surface area contributed by atoms with E-state index in [-0.39, 0.29) is 12.5 Å². The maximum atomic E-state index is 13.2. The van der Waals surface area contributed by atoms with Crippen molar-refractivity contribution in [1.29, 1.82) is 0 Å². The number of carbonyl (C=O) groups excluding carboxylic acids is 2. The molecule has 1 aliphatic carbocycles. The van der Waals surface area contributed by atoms with E-state index in [1.807, 2.05) is 0 Å². The number of hydrogen-bond acceptors (Lipinski definition) is 7. The van der Waals surface area contributed by atoms with Gasteiger partial charge in [0, 0.05) is 12.7 Å². The topological polar surface area (TPSA) is 124 Å². The number of amides is 2. The van der Waals surface area contributed by atoms with Gasteiger partial charge in [-0.2, -0.15) is 0 Å². The van der Waals surface area contributed by atoms with E-state index in [1.165, 1.54) is 18.5 Å². The Bertz CT molecular complexity index is 1090. The Kier molecular flexibility index (Phi) is 7.42. The number of imidazole rings is 1. The van der Waals surface area contributed by atoms with Crippen LogP contribution in [0.2, 0.25) is 0 Å². The molecular formula is C25H33FN4O6. The van der Waals surface area contributed by atoms with Crippen molar-refractivity contribution in [1.82, 2.24) is 19.4 Å². The molecule has 2 aromatic heterocycles. The maximum absolute atomic E-state index is 13.2. The summed E-state index contributed by atoms with van der Waals surface area (Å²) in [5.41, 5.74) is -2.40. The summed E-state index contributed by atoms with van der Waals surface area (Å²) in [6, 6.07) is 2.73. The van der Waals surface area contributed by atoms with E-state index in [1.54, 1.807) is 52.3 Å². The predicted octanol–water partition coefficient (Wildman–Crippen LogP) is 4.70. The van der Waals surface area contributed by atoms with Gasteiger partial charge in [0.1, 0.15) is 34.6 Å². The molecule has 0 saturated heterocycles. The fourth-order valence-corrected chi connectivity index (χ4v) is 3.95. The fraction of sp³-hybridized carbons (Fsp3) is 0.560. The average Bonchev–Trinajstić information content (AvgIpc) is 3.25. The zero-order valence-corrected chi connectivity index (χ0v) is 21.4. The third-order valence-corrected chi connectivity index (χ3v) is 5.66. The molecule has 0 spiro atoms. The highest BCUT2D eigenvalue weighted by atomic mass is 19.1.